The minimum atomic E-state index is -0.980. The minimum Gasteiger partial charge on any atom is -0.447 e. The quantitative estimate of drug-likeness (QED) is 0.723. The first-order valence-corrected chi connectivity index (χ1v) is 6.11. The molecule has 6 nitrogen and oxygen atoms in total. The highest BCUT2D eigenvalue weighted by atomic mass is 35.5. The van der Waals surface area contributed by atoms with Gasteiger partial charge in [0.1, 0.15) is 6.61 Å². The molecule has 0 fully saturated rings. The molecule has 1 aromatic rings. The molecule has 0 aliphatic rings. The van der Waals surface area contributed by atoms with Gasteiger partial charge in [-0.05, 0) is 29.8 Å². The number of nitrogens with one attached hydrogen (secondary N) is 2. The lowest BCUT2D eigenvalue weighted by Gasteiger charge is -2.15. The van der Waals surface area contributed by atoms with Crippen molar-refractivity contribution in [3.63, 3.8) is 0 Å². The van der Waals surface area contributed by atoms with Gasteiger partial charge in [-0.3, -0.25) is 0 Å². The van der Waals surface area contributed by atoms with Gasteiger partial charge < -0.3 is 10.5 Å². The molecule has 8 heteroatoms. The first-order valence-electron chi connectivity index (χ1n) is 5.35. The van der Waals surface area contributed by atoms with E-state index in [1.165, 1.54) is 0 Å². The van der Waals surface area contributed by atoms with Gasteiger partial charge in [0.05, 0.1) is 6.04 Å². The van der Waals surface area contributed by atoms with Crippen molar-refractivity contribution in [2.24, 2.45) is 5.73 Å². The minimum absolute atomic E-state index is 0.0339. The van der Waals surface area contributed by atoms with E-state index in [0.717, 1.165) is 5.56 Å². The highest BCUT2D eigenvalue weighted by molar-refractivity contribution is 6.31. The van der Waals surface area contributed by atoms with Crippen molar-refractivity contribution in [2.75, 3.05) is 6.61 Å². The summed E-state index contributed by atoms with van der Waals surface area (Å²) in [4.78, 5) is 24.0. The Kier molecular flexibility index (Phi) is 6.41. The zero-order chi connectivity index (χ0) is 14.3. The molecule has 0 aliphatic carbocycles. The third-order valence-corrected chi connectivity index (χ3v) is 2.90. The number of urea groups is 1. The van der Waals surface area contributed by atoms with Crippen LogP contribution in [-0.4, -0.2) is 24.8 Å². The van der Waals surface area contributed by atoms with Crippen LogP contribution in [0.5, 0.6) is 0 Å². The maximum absolute atomic E-state index is 11.1. The number of alkyl carbamates (subject to hydrolysis) is 1. The standard InChI is InChI=1S/C11H13Cl2N3O3/c12-9-4-2-1-3-7(9)5-8(16-13)6-19-11(18)15-10(14)17/h1-4,8,16H,5-6H2,(H3,14,15,17,18)/t8-/m1/s1. The summed E-state index contributed by atoms with van der Waals surface area (Å²) >= 11 is 11.6. The van der Waals surface area contributed by atoms with E-state index in [1.54, 1.807) is 11.4 Å². The summed E-state index contributed by atoms with van der Waals surface area (Å²) < 4.78 is 4.78. The number of primary amides is 1. The van der Waals surface area contributed by atoms with Crippen molar-refractivity contribution >= 4 is 35.5 Å². The number of benzene rings is 1. The summed E-state index contributed by atoms with van der Waals surface area (Å²) in [5, 5.41) is 2.38. The van der Waals surface area contributed by atoms with Crippen molar-refractivity contribution in [1.82, 2.24) is 10.2 Å². The number of amides is 3. The molecule has 0 bridgehead atoms. The number of nitrogens with two attached hydrogens (primary N) is 1. The van der Waals surface area contributed by atoms with Gasteiger partial charge in [0.25, 0.3) is 0 Å². The summed E-state index contributed by atoms with van der Waals surface area (Å²) in [6.45, 7) is -0.0339. The SMILES string of the molecule is NC(=O)NC(=O)OC[C@@H](Cc1ccccc1Cl)NCl. The topological polar surface area (TPSA) is 93.5 Å². The Morgan fingerprint density at radius 2 is 2.05 bits per heavy atom. The molecular weight excluding hydrogens is 293 g/mol. The zero-order valence-corrected chi connectivity index (χ0v) is 11.4. The Morgan fingerprint density at radius 1 is 1.37 bits per heavy atom. The van der Waals surface area contributed by atoms with Gasteiger partial charge in [0.15, 0.2) is 0 Å². The summed E-state index contributed by atoms with van der Waals surface area (Å²) in [5.41, 5.74) is 5.63. The van der Waals surface area contributed by atoms with Crippen LogP contribution in [-0.2, 0) is 11.2 Å². The summed E-state index contributed by atoms with van der Waals surface area (Å²) in [5.74, 6) is 0. The van der Waals surface area contributed by atoms with Gasteiger partial charge in [-0.25, -0.2) is 19.7 Å². The molecule has 1 aromatic carbocycles. The van der Waals surface area contributed by atoms with E-state index in [-0.39, 0.29) is 12.6 Å². The first kappa shape index (κ1) is 15.6. The fourth-order valence-corrected chi connectivity index (χ4v) is 1.72. The molecule has 0 radical (unpaired) electrons. The van der Waals surface area contributed by atoms with Gasteiger partial charge in [-0.1, -0.05) is 29.8 Å². The van der Waals surface area contributed by atoms with Crippen molar-refractivity contribution in [3.8, 4) is 0 Å². The van der Waals surface area contributed by atoms with E-state index in [4.69, 9.17) is 33.8 Å². The molecule has 4 N–H and O–H groups in total. The first-order chi connectivity index (χ1) is 9.02. The van der Waals surface area contributed by atoms with Crippen LogP contribution in [0.2, 0.25) is 5.02 Å². The predicted octanol–water partition coefficient (Wildman–Crippen LogP) is 1.80. The molecule has 0 heterocycles. The van der Waals surface area contributed by atoms with Gasteiger partial charge >= 0.3 is 12.1 Å². The van der Waals surface area contributed by atoms with Crippen LogP contribution in [0.4, 0.5) is 9.59 Å². The Labute approximate surface area is 120 Å². The Morgan fingerprint density at radius 3 is 2.63 bits per heavy atom. The molecule has 3 amide bonds. The molecule has 0 unspecified atom stereocenters. The summed E-state index contributed by atoms with van der Waals surface area (Å²) in [7, 11) is 0. The lowest BCUT2D eigenvalue weighted by Crippen LogP contribution is -2.38. The van der Waals surface area contributed by atoms with Crippen molar-refractivity contribution < 1.29 is 14.3 Å². The van der Waals surface area contributed by atoms with Crippen molar-refractivity contribution in [2.45, 2.75) is 12.5 Å². The number of ether oxygens (including phenoxy) is 1. The average molecular weight is 306 g/mol. The number of carbonyl (C=O) groups is 2. The highest BCUT2D eigenvalue weighted by Crippen LogP contribution is 2.16. The highest BCUT2D eigenvalue weighted by Gasteiger charge is 2.14. The molecule has 0 saturated carbocycles. The van der Waals surface area contributed by atoms with Crippen LogP contribution in [0.3, 0.4) is 0 Å². The van der Waals surface area contributed by atoms with E-state index in [2.05, 4.69) is 4.84 Å². The number of rotatable bonds is 5. The lowest BCUT2D eigenvalue weighted by molar-refractivity contribution is 0.138. The number of hydrogen-bond acceptors (Lipinski definition) is 4. The molecule has 0 saturated heterocycles. The average Bonchev–Trinajstić information content (AvgIpc) is 2.35. The molecular formula is C11H13Cl2N3O3. The molecule has 104 valence electrons. The summed E-state index contributed by atoms with van der Waals surface area (Å²) in [6.07, 6.45) is -0.462. The van der Waals surface area contributed by atoms with Gasteiger partial charge in [0.2, 0.25) is 0 Å². The zero-order valence-electron chi connectivity index (χ0n) is 9.86. The van der Waals surface area contributed by atoms with E-state index in [0.29, 0.717) is 11.4 Å². The molecule has 1 atom stereocenters. The van der Waals surface area contributed by atoms with E-state index < -0.39 is 12.1 Å². The Balaban J connectivity index is 2.48. The van der Waals surface area contributed by atoms with Gasteiger partial charge in [-0.15, -0.1) is 0 Å². The lowest BCUT2D eigenvalue weighted by atomic mass is 10.1. The second kappa shape index (κ2) is 7.83. The Hall–Kier alpha value is -1.50. The van der Waals surface area contributed by atoms with Crippen molar-refractivity contribution in [3.05, 3.63) is 34.9 Å². The van der Waals surface area contributed by atoms with Crippen molar-refractivity contribution in [1.29, 1.82) is 0 Å². The Bertz CT molecular complexity index is 457. The van der Waals surface area contributed by atoms with Gasteiger partial charge in [-0.2, -0.15) is 0 Å². The van der Waals surface area contributed by atoms with Crippen LogP contribution < -0.4 is 15.9 Å². The molecule has 0 aromatic heterocycles. The second-order valence-electron chi connectivity index (χ2n) is 3.69. The molecule has 0 aliphatic heterocycles. The van der Waals surface area contributed by atoms with Crippen LogP contribution in [0.1, 0.15) is 5.56 Å². The van der Waals surface area contributed by atoms with Crippen LogP contribution in [0.25, 0.3) is 0 Å². The van der Waals surface area contributed by atoms with Crippen LogP contribution in [0.15, 0.2) is 24.3 Å². The molecule has 19 heavy (non-hydrogen) atoms. The van der Waals surface area contributed by atoms with Gasteiger partial charge in [0, 0.05) is 5.02 Å². The number of carbonyl (C=O) groups excluding carboxylic acids is 2. The maximum Gasteiger partial charge on any atom is 0.415 e. The number of imide groups is 1. The number of halogens is 2. The number of hydrogen-bond donors (Lipinski definition) is 3. The van der Waals surface area contributed by atoms with Crippen LogP contribution in [0, 0.1) is 0 Å². The van der Waals surface area contributed by atoms with E-state index in [9.17, 15) is 9.59 Å². The van der Waals surface area contributed by atoms with E-state index >= 15 is 0 Å². The second-order valence-corrected chi connectivity index (χ2v) is 4.31. The normalized spacial score (nSPS) is 11.7. The maximum atomic E-state index is 11.1. The van der Waals surface area contributed by atoms with E-state index in [1.807, 2.05) is 18.2 Å². The molecule has 0 spiro atoms. The largest absolute Gasteiger partial charge is 0.447 e. The third-order valence-electron chi connectivity index (χ3n) is 2.22. The van der Waals surface area contributed by atoms with Crippen LogP contribution >= 0.6 is 23.4 Å². The fraction of sp³-hybridized carbons (Fsp3) is 0.273. The fourth-order valence-electron chi connectivity index (χ4n) is 1.37. The predicted molar refractivity (Wildman–Crippen MR) is 72.0 cm³/mol. The third kappa shape index (κ3) is 5.78. The smallest absolute Gasteiger partial charge is 0.415 e. The monoisotopic (exact) mass is 305 g/mol. The summed E-state index contributed by atoms with van der Waals surface area (Å²) in [6, 6.07) is 5.92. The molecule has 1 rings (SSSR count).